The lowest BCUT2D eigenvalue weighted by atomic mass is 10.1. The lowest BCUT2D eigenvalue weighted by Gasteiger charge is -2.05. The number of rotatable bonds is 3. The van der Waals surface area contributed by atoms with Crippen LogP contribution in [-0.4, -0.2) is 16.8 Å². The highest BCUT2D eigenvalue weighted by atomic mass is 19.1. The minimum Gasteiger partial charge on any atom is -0.494 e. The van der Waals surface area contributed by atoms with Gasteiger partial charge in [-0.25, -0.2) is 4.39 Å². The van der Waals surface area contributed by atoms with Crippen LogP contribution in [-0.2, 0) is 0 Å². The van der Waals surface area contributed by atoms with Crippen LogP contribution in [0.15, 0.2) is 24.3 Å². The second-order valence-corrected chi connectivity index (χ2v) is 3.28. The van der Waals surface area contributed by atoms with Crippen molar-refractivity contribution in [3.63, 3.8) is 0 Å². The number of nitrogens with zero attached hydrogens (tertiary/aromatic N) is 1. The van der Waals surface area contributed by atoms with Gasteiger partial charge in [-0.1, -0.05) is 0 Å². The Kier molecular flexibility index (Phi) is 2.76. The largest absolute Gasteiger partial charge is 0.494 e. The van der Waals surface area contributed by atoms with Crippen LogP contribution in [0, 0.1) is 5.82 Å². The highest BCUT2D eigenvalue weighted by molar-refractivity contribution is 5.63. The maximum absolute atomic E-state index is 13.7. The maximum atomic E-state index is 13.7. The van der Waals surface area contributed by atoms with Gasteiger partial charge in [0.15, 0.2) is 0 Å². The molecule has 0 spiro atoms. The molecule has 5 heteroatoms. The Balaban J connectivity index is 2.36. The van der Waals surface area contributed by atoms with E-state index in [9.17, 15) is 4.39 Å². The molecule has 16 heavy (non-hydrogen) atoms. The van der Waals surface area contributed by atoms with E-state index in [0.29, 0.717) is 29.4 Å². The van der Waals surface area contributed by atoms with Crippen LogP contribution in [0.5, 0.6) is 5.75 Å². The van der Waals surface area contributed by atoms with Gasteiger partial charge in [-0.15, -0.1) is 0 Å². The van der Waals surface area contributed by atoms with E-state index in [1.165, 1.54) is 6.07 Å². The van der Waals surface area contributed by atoms with Crippen molar-refractivity contribution >= 4 is 5.82 Å². The third-order valence-corrected chi connectivity index (χ3v) is 2.14. The summed E-state index contributed by atoms with van der Waals surface area (Å²) in [5.41, 5.74) is 6.43. The van der Waals surface area contributed by atoms with E-state index in [4.69, 9.17) is 10.5 Å². The second-order valence-electron chi connectivity index (χ2n) is 3.28. The van der Waals surface area contributed by atoms with Crippen molar-refractivity contribution in [2.24, 2.45) is 0 Å². The van der Waals surface area contributed by atoms with Crippen molar-refractivity contribution in [3.8, 4) is 17.0 Å². The number of hydrogen-bond acceptors (Lipinski definition) is 3. The molecule has 0 radical (unpaired) electrons. The third-order valence-electron chi connectivity index (χ3n) is 2.14. The number of aromatic amines is 1. The molecule has 0 saturated heterocycles. The van der Waals surface area contributed by atoms with Crippen LogP contribution < -0.4 is 10.5 Å². The van der Waals surface area contributed by atoms with E-state index >= 15 is 0 Å². The van der Waals surface area contributed by atoms with Gasteiger partial charge in [0.25, 0.3) is 0 Å². The molecule has 2 aromatic rings. The van der Waals surface area contributed by atoms with Gasteiger partial charge in [0.1, 0.15) is 17.4 Å². The van der Waals surface area contributed by atoms with E-state index in [1.807, 2.05) is 6.92 Å². The van der Waals surface area contributed by atoms with Crippen molar-refractivity contribution in [2.75, 3.05) is 12.3 Å². The smallest absolute Gasteiger partial charge is 0.145 e. The highest BCUT2D eigenvalue weighted by Gasteiger charge is 2.08. The van der Waals surface area contributed by atoms with Crippen molar-refractivity contribution in [1.29, 1.82) is 0 Å². The van der Waals surface area contributed by atoms with Gasteiger partial charge < -0.3 is 10.5 Å². The Morgan fingerprint density at radius 1 is 1.44 bits per heavy atom. The van der Waals surface area contributed by atoms with Crippen LogP contribution in [0.1, 0.15) is 6.92 Å². The monoisotopic (exact) mass is 221 g/mol. The lowest BCUT2D eigenvalue weighted by molar-refractivity contribution is 0.338. The minimum absolute atomic E-state index is 0.336. The van der Waals surface area contributed by atoms with Crippen molar-refractivity contribution < 1.29 is 9.13 Å². The van der Waals surface area contributed by atoms with Gasteiger partial charge in [-0.05, 0) is 19.1 Å². The molecule has 0 bridgehead atoms. The van der Waals surface area contributed by atoms with E-state index in [-0.39, 0.29) is 5.82 Å². The zero-order chi connectivity index (χ0) is 11.5. The van der Waals surface area contributed by atoms with Crippen LogP contribution in [0.2, 0.25) is 0 Å². The SMILES string of the molecule is CCOc1ccc(-c2cc(N)n[nH]2)c(F)c1. The van der Waals surface area contributed by atoms with Gasteiger partial charge in [-0.2, -0.15) is 5.10 Å². The first-order chi connectivity index (χ1) is 7.70. The van der Waals surface area contributed by atoms with Gasteiger partial charge in [0.05, 0.1) is 12.3 Å². The topological polar surface area (TPSA) is 63.9 Å². The molecule has 0 saturated carbocycles. The summed E-state index contributed by atoms with van der Waals surface area (Å²) < 4.78 is 18.9. The van der Waals surface area contributed by atoms with Crippen LogP contribution in [0.4, 0.5) is 10.2 Å². The average Bonchev–Trinajstić information content (AvgIpc) is 2.65. The Morgan fingerprint density at radius 2 is 2.25 bits per heavy atom. The fraction of sp³-hybridized carbons (Fsp3) is 0.182. The lowest BCUT2D eigenvalue weighted by Crippen LogP contribution is -1.93. The summed E-state index contributed by atoms with van der Waals surface area (Å²) in [6.45, 7) is 2.36. The Hall–Kier alpha value is -2.04. The minimum atomic E-state index is -0.366. The molecule has 0 amide bonds. The molecular formula is C11H12FN3O. The molecule has 0 aliphatic rings. The molecule has 0 fully saturated rings. The number of aromatic nitrogens is 2. The first-order valence-corrected chi connectivity index (χ1v) is 4.94. The van der Waals surface area contributed by atoms with Gasteiger partial charge in [-0.3, -0.25) is 5.10 Å². The fourth-order valence-corrected chi connectivity index (χ4v) is 1.45. The van der Waals surface area contributed by atoms with Crippen LogP contribution in [0.3, 0.4) is 0 Å². The average molecular weight is 221 g/mol. The van der Waals surface area contributed by atoms with Crippen LogP contribution >= 0.6 is 0 Å². The Bertz CT molecular complexity index is 496. The predicted molar refractivity (Wildman–Crippen MR) is 59.6 cm³/mol. The summed E-state index contributed by atoms with van der Waals surface area (Å²) >= 11 is 0. The van der Waals surface area contributed by atoms with Crippen molar-refractivity contribution in [3.05, 3.63) is 30.1 Å². The predicted octanol–water partition coefficient (Wildman–Crippen LogP) is 2.20. The molecule has 3 N–H and O–H groups in total. The molecule has 0 atom stereocenters. The number of ether oxygens (including phenoxy) is 1. The van der Waals surface area contributed by atoms with Crippen molar-refractivity contribution in [1.82, 2.24) is 10.2 Å². The number of halogens is 1. The van der Waals surface area contributed by atoms with E-state index in [2.05, 4.69) is 10.2 Å². The van der Waals surface area contributed by atoms with Gasteiger partial charge in [0.2, 0.25) is 0 Å². The molecule has 4 nitrogen and oxygen atoms in total. The third kappa shape index (κ3) is 1.98. The molecule has 0 aliphatic heterocycles. The molecule has 0 aliphatic carbocycles. The number of nitrogens with one attached hydrogen (secondary N) is 1. The molecular weight excluding hydrogens is 209 g/mol. The normalized spacial score (nSPS) is 10.4. The second kappa shape index (κ2) is 4.22. The summed E-state index contributed by atoms with van der Waals surface area (Å²) in [6.07, 6.45) is 0. The summed E-state index contributed by atoms with van der Waals surface area (Å²) in [7, 11) is 0. The maximum Gasteiger partial charge on any atom is 0.145 e. The summed E-state index contributed by atoms with van der Waals surface area (Å²) in [5.74, 6) is 0.481. The number of H-pyrrole nitrogens is 1. The van der Waals surface area contributed by atoms with Gasteiger partial charge >= 0.3 is 0 Å². The number of anilines is 1. The van der Waals surface area contributed by atoms with E-state index < -0.39 is 0 Å². The molecule has 84 valence electrons. The van der Waals surface area contributed by atoms with E-state index in [1.54, 1.807) is 18.2 Å². The molecule has 1 aromatic heterocycles. The number of hydrogen-bond donors (Lipinski definition) is 2. The standard InChI is InChI=1S/C11H12FN3O/c1-2-16-7-3-4-8(9(12)5-7)10-6-11(13)15-14-10/h3-6H,2H2,1H3,(H3,13,14,15). The summed E-state index contributed by atoms with van der Waals surface area (Å²) in [4.78, 5) is 0. The number of nitrogens with two attached hydrogens (primary N) is 1. The highest BCUT2D eigenvalue weighted by Crippen LogP contribution is 2.25. The molecule has 0 unspecified atom stereocenters. The quantitative estimate of drug-likeness (QED) is 0.835. The molecule has 1 aromatic carbocycles. The summed E-state index contributed by atoms with van der Waals surface area (Å²) in [5, 5.41) is 6.41. The first-order valence-electron chi connectivity index (χ1n) is 4.94. The van der Waals surface area contributed by atoms with Crippen LogP contribution in [0.25, 0.3) is 11.3 Å². The molecule has 2 rings (SSSR count). The zero-order valence-electron chi connectivity index (χ0n) is 8.83. The fourth-order valence-electron chi connectivity index (χ4n) is 1.45. The Labute approximate surface area is 92.2 Å². The Morgan fingerprint density at radius 3 is 2.81 bits per heavy atom. The summed E-state index contributed by atoms with van der Waals surface area (Å²) in [6, 6.07) is 6.26. The van der Waals surface area contributed by atoms with Crippen molar-refractivity contribution in [2.45, 2.75) is 6.92 Å². The van der Waals surface area contributed by atoms with Gasteiger partial charge in [0, 0.05) is 17.7 Å². The zero-order valence-corrected chi connectivity index (χ0v) is 8.83. The first kappa shape index (κ1) is 10.5. The molecule has 1 heterocycles. The van der Waals surface area contributed by atoms with E-state index in [0.717, 1.165) is 0 Å². The number of benzene rings is 1. The number of nitrogen functional groups attached to an aromatic ring is 1.